The SMILES string of the molecule is Cn1nccc1C1CCCCN1C(=O)c1cc2ccccc2oc1=O. The molecule has 1 unspecified atom stereocenters. The van der Waals surface area contributed by atoms with Crippen LogP contribution in [0.5, 0.6) is 0 Å². The van der Waals surface area contributed by atoms with Crippen molar-refractivity contribution in [1.82, 2.24) is 14.7 Å². The van der Waals surface area contributed by atoms with E-state index in [2.05, 4.69) is 5.10 Å². The highest BCUT2D eigenvalue weighted by Crippen LogP contribution is 2.31. The largest absolute Gasteiger partial charge is 0.422 e. The van der Waals surface area contributed by atoms with Crippen LogP contribution in [0.15, 0.2) is 51.8 Å². The van der Waals surface area contributed by atoms with Gasteiger partial charge >= 0.3 is 5.63 Å². The molecule has 1 aliphatic rings. The Labute approximate surface area is 144 Å². The normalized spacial score (nSPS) is 17.8. The van der Waals surface area contributed by atoms with Gasteiger partial charge in [-0.3, -0.25) is 9.48 Å². The molecule has 1 saturated heterocycles. The van der Waals surface area contributed by atoms with E-state index in [1.54, 1.807) is 34.0 Å². The Morgan fingerprint density at radius 3 is 2.88 bits per heavy atom. The van der Waals surface area contributed by atoms with Crippen molar-refractivity contribution in [3.05, 3.63) is 64.3 Å². The molecule has 128 valence electrons. The summed E-state index contributed by atoms with van der Waals surface area (Å²) in [6.45, 7) is 0.626. The zero-order chi connectivity index (χ0) is 17.4. The number of amides is 1. The van der Waals surface area contributed by atoms with Gasteiger partial charge in [-0.25, -0.2) is 4.79 Å². The van der Waals surface area contributed by atoms with Gasteiger partial charge < -0.3 is 9.32 Å². The van der Waals surface area contributed by atoms with Crippen molar-refractivity contribution >= 4 is 16.9 Å². The topological polar surface area (TPSA) is 68.3 Å². The molecular formula is C19H19N3O3. The van der Waals surface area contributed by atoms with Gasteiger partial charge in [0.25, 0.3) is 5.91 Å². The molecule has 0 radical (unpaired) electrons. The van der Waals surface area contributed by atoms with Crippen LogP contribution in [0.2, 0.25) is 0 Å². The molecule has 3 aromatic rings. The van der Waals surface area contributed by atoms with Gasteiger partial charge in [-0.05, 0) is 37.5 Å². The fourth-order valence-electron chi connectivity index (χ4n) is 3.56. The molecule has 0 N–H and O–H groups in total. The summed E-state index contributed by atoms with van der Waals surface area (Å²) in [5.41, 5.74) is 0.981. The maximum absolute atomic E-state index is 13.1. The summed E-state index contributed by atoms with van der Waals surface area (Å²) in [7, 11) is 1.87. The van der Waals surface area contributed by atoms with Gasteiger partial charge in [0.15, 0.2) is 0 Å². The summed E-state index contributed by atoms with van der Waals surface area (Å²) < 4.78 is 7.12. The van der Waals surface area contributed by atoms with Crippen LogP contribution >= 0.6 is 0 Å². The van der Waals surface area contributed by atoms with Crippen molar-refractivity contribution in [2.24, 2.45) is 7.05 Å². The van der Waals surface area contributed by atoms with E-state index in [4.69, 9.17) is 4.42 Å². The standard InChI is InChI=1S/C19H19N3O3/c1-21-15(9-10-20-21)16-7-4-5-11-22(16)18(23)14-12-13-6-2-3-8-17(13)25-19(14)24/h2-3,6,8-10,12,16H,4-5,7,11H2,1H3. The van der Waals surface area contributed by atoms with E-state index < -0.39 is 5.63 Å². The van der Waals surface area contributed by atoms with Crippen LogP contribution < -0.4 is 5.63 Å². The number of carbonyl (C=O) groups is 1. The lowest BCUT2D eigenvalue weighted by atomic mass is 9.98. The number of piperidine rings is 1. The first-order valence-corrected chi connectivity index (χ1v) is 8.47. The maximum Gasteiger partial charge on any atom is 0.349 e. The van der Waals surface area contributed by atoms with E-state index >= 15 is 0 Å². The van der Waals surface area contributed by atoms with E-state index in [0.29, 0.717) is 12.1 Å². The number of aryl methyl sites for hydroxylation is 1. The van der Waals surface area contributed by atoms with E-state index in [1.165, 1.54) is 0 Å². The van der Waals surface area contributed by atoms with Crippen molar-refractivity contribution < 1.29 is 9.21 Å². The lowest BCUT2D eigenvalue weighted by molar-refractivity contribution is 0.0597. The first kappa shape index (κ1) is 15.6. The number of carbonyl (C=O) groups excluding carboxylic acids is 1. The summed E-state index contributed by atoms with van der Waals surface area (Å²) >= 11 is 0. The average Bonchev–Trinajstić information content (AvgIpc) is 3.06. The van der Waals surface area contributed by atoms with Crippen LogP contribution in [0.4, 0.5) is 0 Å². The van der Waals surface area contributed by atoms with Crippen molar-refractivity contribution in [3.63, 3.8) is 0 Å². The fraction of sp³-hybridized carbons (Fsp3) is 0.316. The Hall–Kier alpha value is -2.89. The zero-order valence-corrected chi connectivity index (χ0v) is 14.0. The molecule has 25 heavy (non-hydrogen) atoms. The van der Waals surface area contributed by atoms with Crippen LogP contribution in [-0.2, 0) is 7.05 Å². The second kappa shape index (κ2) is 6.20. The van der Waals surface area contributed by atoms with Crippen molar-refractivity contribution in [2.75, 3.05) is 6.54 Å². The molecule has 1 atom stereocenters. The predicted octanol–water partition coefficient (Wildman–Crippen LogP) is 2.89. The molecule has 0 saturated carbocycles. The van der Waals surface area contributed by atoms with Crippen LogP contribution in [0, 0.1) is 0 Å². The molecule has 0 bridgehead atoms. The van der Waals surface area contributed by atoms with E-state index in [-0.39, 0.29) is 17.5 Å². The Morgan fingerprint density at radius 1 is 1.24 bits per heavy atom. The lowest BCUT2D eigenvalue weighted by Gasteiger charge is -2.35. The number of benzene rings is 1. The van der Waals surface area contributed by atoms with Gasteiger partial charge in [0.2, 0.25) is 0 Å². The summed E-state index contributed by atoms with van der Waals surface area (Å²) in [5.74, 6) is -0.273. The average molecular weight is 337 g/mol. The second-order valence-electron chi connectivity index (χ2n) is 6.38. The number of likely N-dealkylation sites (tertiary alicyclic amines) is 1. The Morgan fingerprint density at radius 2 is 2.08 bits per heavy atom. The molecule has 4 rings (SSSR count). The van der Waals surface area contributed by atoms with Gasteiger partial charge in [0.05, 0.1) is 11.7 Å². The Bertz CT molecular complexity index is 989. The first-order valence-electron chi connectivity index (χ1n) is 8.47. The summed E-state index contributed by atoms with van der Waals surface area (Å²) in [6, 6.07) is 10.7. The van der Waals surface area contributed by atoms with Crippen LogP contribution in [0.3, 0.4) is 0 Å². The molecule has 1 aliphatic heterocycles. The fourth-order valence-corrected chi connectivity index (χ4v) is 3.56. The summed E-state index contributed by atoms with van der Waals surface area (Å²) in [6.07, 6.45) is 4.58. The molecule has 6 heteroatoms. The number of hydrogen-bond acceptors (Lipinski definition) is 4. The summed E-state index contributed by atoms with van der Waals surface area (Å²) in [5, 5.41) is 4.96. The minimum atomic E-state index is -0.585. The Kier molecular flexibility index (Phi) is 3.87. The number of nitrogens with zero attached hydrogens (tertiary/aromatic N) is 3. The van der Waals surface area contributed by atoms with E-state index in [0.717, 1.165) is 30.3 Å². The first-order chi connectivity index (χ1) is 12.1. The third-order valence-corrected chi connectivity index (χ3v) is 4.84. The van der Waals surface area contributed by atoms with Crippen molar-refractivity contribution in [2.45, 2.75) is 25.3 Å². The number of hydrogen-bond donors (Lipinski definition) is 0. The van der Waals surface area contributed by atoms with Crippen LogP contribution in [0.1, 0.15) is 41.4 Å². The van der Waals surface area contributed by atoms with Gasteiger partial charge in [-0.2, -0.15) is 5.10 Å². The molecule has 0 spiro atoms. The van der Waals surface area contributed by atoms with E-state index in [1.807, 2.05) is 25.2 Å². The Balaban J connectivity index is 1.75. The maximum atomic E-state index is 13.1. The van der Waals surface area contributed by atoms with E-state index in [9.17, 15) is 9.59 Å². The molecular weight excluding hydrogens is 318 g/mol. The van der Waals surface area contributed by atoms with Gasteiger partial charge in [0.1, 0.15) is 11.1 Å². The quantitative estimate of drug-likeness (QED) is 0.674. The number of para-hydroxylation sites is 1. The number of fused-ring (bicyclic) bond motifs is 1. The van der Waals surface area contributed by atoms with Gasteiger partial charge in [0, 0.05) is 25.2 Å². The second-order valence-corrected chi connectivity index (χ2v) is 6.38. The van der Waals surface area contributed by atoms with Crippen molar-refractivity contribution in [1.29, 1.82) is 0 Å². The lowest BCUT2D eigenvalue weighted by Crippen LogP contribution is -2.41. The summed E-state index contributed by atoms with van der Waals surface area (Å²) in [4.78, 5) is 27.2. The van der Waals surface area contributed by atoms with Crippen LogP contribution in [-0.4, -0.2) is 27.1 Å². The zero-order valence-electron chi connectivity index (χ0n) is 14.0. The smallest absolute Gasteiger partial charge is 0.349 e. The highest BCUT2D eigenvalue weighted by molar-refractivity contribution is 5.96. The monoisotopic (exact) mass is 337 g/mol. The molecule has 6 nitrogen and oxygen atoms in total. The third kappa shape index (κ3) is 2.73. The van der Waals surface area contributed by atoms with Gasteiger partial charge in [-0.15, -0.1) is 0 Å². The molecule has 3 heterocycles. The minimum Gasteiger partial charge on any atom is -0.422 e. The third-order valence-electron chi connectivity index (χ3n) is 4.84. The molecule has 0 aliphatic carbocycles. The van der Waals surface area contributed by atoms with Crippen LogP contribution in [0.25, 0.3) is 11.0 Å². The highest BCUT2D eigenvalue weighted by atomic mass is 16.4. The van der Waals surface area contributed by atoms with Gasteiger partial charge in [-0.1, -0.05) is 18.2 Å². The minimum absolute atomic E-state index is 0.0698. The molecule has 1 amide bonds. The number of aromatic nitrogens is 2. The number of rotatable bonds is 2. The highest BCUT2D eigenvalue weighted by Gasteiger charge is 2.32. The molecule has 2 aromatic heterocycles. The van der Waals surface area contributed by atoms with Crippen molar-refractivity contribution in [3.8, 4) is 0 Å². The predicted molar refractivity (Wildman–Crippen MR) is 93.3 cm³/mol. The molecule has 1 fully saturated rings. The molecule has 1 aromatic carbocycles.